The Morgan fingerprint density at radius 1 is 1.24 bits per heavy atom. The highest BCUT2D eigenvalue weighted by molar-refractivity contribution is 5.76. The first-order chi connectivity index (χ1) is 12.1. The van der Waals surface area contributed by atoms with Gasteiger partial charge in [0.2, 0.25) is 5.91 Å². The summed E-state index contributed by atoms with van der Waals surface area (Å²) in [4.78, 5) is 25.5. The van der Waals surface area contributed by atoms with E-state index in [1.54, 1.807) is 11.8 Å². The van der Waals surface area contributed by atoms with Crippen molar-refractivity contribution in [2.24, 2.45) is 0 Å². The van der Waals surface area contributed by atoms with Crippen LogP contribution in [0.5, 0.6) is 0 Å². The minimum absolute atomic E-state index is 0.0577. The van der Waals surface area contributed by atoms with Gasteiger partial charge in [-0.3, -0.25) is 4.79 Å². The highest BCUT2D eigenvalue weighted by Crippen LogP contribution is 2.12. The summed E-state index contributed by atoms with van der Waals surface area (Å²) in [5, 5.41) is 6.44. The van der Waals surface area contributed by atoms with E-state index in [4.69, 9.17) is 4.74 Å². The number of carbonyl (C=O) groups is 2. The van der Waals surface area contributed by atoms with Gasteiger partial charge in [0.15, 0.2) is 0 Å². The van der Waals surface area contributed by atoms with Gasteiger partial charge in [0, 0.05) is 38.1 Å². The minimum Gasteiger partial charge on any atom is -0.450 e. The summed E-state index contributed by atoms with van der Waals surface area (Å²) in [5.74, 6) is 0.0577. The molecule has 1 aromatic rings. The summed E-state index contributed by atoms with van der Waals surface area (Å²) in [6.07, 6.45) is 1.75. The Balaban J connectivity index is 1.62. The second kappa shape index (κ2) is 10.0. The maximum absolute atomic E-state index is 12.1. The molecule has 2 N–H and O–H groups in total. The van der Waals surface area contributed by atoms with Crippen molar-refractivity contribution in [3.63, 3.8) is 0 Å². The quantitative estimate of drug-likeness (QED) is 0.795. The molecule has 1 fully saturated rings. The second-order valence-corrected chi connectivity index (χ2v) is 6.36. The number of benzene rings is 1. The Labute approximate surface area is 149 Å². The molecule has 1 saturated heterocycles. The van der Waals surface area contributed by atoms with Gasteiger partial charge in [0.25, 0.3) is 0 Å². The van der Waals surface area contributed by atoms with E-state index < -0.39 is 0 Å². The lowest BCUT2D eigenvalue weighted by Gasteiger charge is -2.31. The molecule has 1 aromatic carbocycles. The van der Waals surface area contributed by atoms with Crippen LogP contribution in [-0.4, -0.2) is 49.2 Å². The summed E-state index contributed by atoms with van der Waals surface area (Å²) in [7, 11) is 0. The van der Waals surface area contributed by atoms with Crippen molar-refractivity contribution in [3.05, 3.63) is 35.9 Å². The Kier molecular flexibility index (Phi) is 7.73. The van der Waals surface area contributed by atoms with Crippen LogP contribution in [0.25, 0.3) is 0 Å². The van der Waals surface area contributed by atoms with Gasteiger partial charge in [-0.1, -0.05) is 30.3 Å². The number of piperidine rings is 1. The number of nitrogens with zero attached hydrogens (tertiary/aromatic N) is 1. The summed E-state index contributed by atoms with van der Waals surface area (Å²) in [5.41, 5.74) is 1.22. The highest BCUT2D eigenvalue weighted by Gasteiger charge is 2.24. The van der Waals surface area contributed by atoms with Crippen LogP contribution in [0.1, 0.15) is 44.7 Å². The SMILES string of the molecule is CCOC(=O)N1CCC(NC(=O)CCNC(C)c2ccccc2)CC1. The van der Waals surface area contributed by atoms with Crippen LogP contribution in [0.15, 0.2) is 30.3 Å². The van der Waals surface area contributed by atoms with Crippen LogP contribution in [0.2, 0.25) is 0 Å². The van der Waals surface area contributed by atoms with Gasteiger partial charge in [-0.05, 0) is 32.3 Å². The third-order valence-corrected chi connectivity index (χ3v) is 4.49. The van der Waals surface area contributed by atoms with Crippen LogP contribution in [0.4, 0.5) is 4.79 Å². The molecular formula is C19H29N3O3. The monoisotopic (exact) mass is 347 g/mol. The molecule has 1 heterocycles. The molecule has 6 heteroatoms. The van der Waals surface area contributed by atoms with Crippen molar-refractivity contribution in [1.29, 1.82) is 0 Å². The standard InChI is InChI=1S/C19H29N3O3/c1-3-25-19(24)22-13-10-17(11-14-22)21-18(23)9-12-20-15(2)16-7-5-4-6-8-16/h4-8,15,17,20H,3,9-14H2,1-2H3,(H,21,23). The first-order valence-corrected chi connectivity index (χ1v) is 9.09. The third-order valence-electron chi connectivity index (χ3n) is 4.49. The maximum Gasteiger partial charge on any atom is 0.409 e. The molecule has 1 aliphatic heterocycles. The lowest BCUT2D eigenvalue weighted by Crippen LogP contribution is -2.47. The number of carbonyl (C=O) groups excluding carboxylic acids is 2. The molecular weight excluding hydrogens is 318 g/mol. The van der Waals surface area contributed by atoms with Gasteiger partial charge in [0.05, 0.1) is 6.61 Å². The lowest BCUT2D eigenvalue weighted by molar-refractivity contribution is -0.122. The molecule has 2 amide bonds. The number of amides is 2. The normalized spacial score (nSPS) is 16.3. The number of hydrogen-bond acceptors (Lipinski definition) is 4. The van der Waals surface area contributed by atoms with Crippen molar-refractivity contribution in [3.8, 4) is 0 Å². The zero-order valence-electron chi connectivity index (χ0n) is 15.2. The van der Waals surface area contributed by atoms with E-state index in [9.17, 15) is 9.59 Å². The van der Waals surface area contributed by atoms with Gasteiger partial charge < -0.3 is 20.3 Å². The third kappa shape index (κ3) is 6.38. The fraction of sp³-hybridized carbons (Fsp3) is 0.579. The molecule has 138 valence electrons. The Bertz CT molecular complexity index is 542. The summed E-state index contributed by atoms with van der Waals surface area (Å²) < 4.78 is 5.00. The van der Waals surface area contributed by atoms with Crippen molar-refractivity contribution in [1.82, 2.24) is 15.5 Å². The Morgan fingerprint density at radius 3 is 2.56 bits per heavy atom. The molecule has 0 bridgehead atoms. The van der Waals surface area contributed by atoms with E-state index in [0.717, 1.165) is 12.8 Å². The molecule has 1 unspecified atom stereocenters. The van der Waals surface area contributed by atoms with E-state index >= 15 is 0 Å². The largest absolute Gasteiger partial charge is 0.450 e. The molecule has 6 nitrogen and oxygen atoms in total. The first-order valence-electron chi connectivity index (χ1n) is 9.09. The zero-order valence-corrected chi connectivity index (χ0v) is 15.2. The predicted molar refractivity (Wildman–Crippen MR) is 97.2 cm³/mol. The predicted octanol–water partition coefficient (Wildman–Crippen LogP) is 2.46. The van der Waals surface area contributed by atoms with E-state index in [1.807, 2.05) is 18.2 Å². The molecule has 0 saturated carbocycles. The Hall–Kier alpha value is -2.08. The fourth-order valence-electron chi connectivity index (χ4n) is 2.98. The van der Waals surface area contributed by atoms with Gasteiger partial charge >= 0.3 is 6.09 Å². The molecule has 2 rings (SSSR count). The summed E-state index contributed by atoms with van der Waals surface area (Å²) in [6.45, 7) is 6.20. The number of ether oxygens (including phenoxy) is 1. The van der Waals surface area contributed by atoms with Crippen molar-refractivity contribution >= 4 is 12.0 Å². The topological polar surface area (TPSA) is 70.7 Å². The molecule has 0 aliphatic carbocycles. The molecule has 0 spiro atoms. The van der Waals surface area contributed by atoms with Gasteiger partial charge in [-0.2, -0.15) is 0 Å². The van der Waals surface area contributed by atoms with Crippen molar-refractivity contribution < 1.29 is 14.3 Å². The van der Waals surface area contributed by atoms with Gasteiger partial charge in [-0.25, -0.2) is 4.79 Å². The average Bonchev–Trinajstić information content (AvgIpc) is 2.63. The van der Waals surface area contributed by atoms with Gasteiger partial charge in [-0.15, -0.1) is 0 Å². The van der Waals surface area contributed by atoms with Crippen LogP contribution in [0, 0.1) is 0 Å². The van der Waals surface area contributed by atoms with Gasteiger partial charge in [0.1, 0.15) is 0 Å². The minimum atomic E-state index is -0.258. The molecule has 1 atom stereocenters. The number of hydrogen-bond donors (Lipinski definition) is 2. The first kappa shape index (κ1) is 19.2. The number of nitrogens with one attached hydrogen (secondary N) is 2. The number of rotatable bonds is 7. The van der Waals surface area contributed by atoms with Crippen molar-refractivity contribution in [2.45, 2.75) is 45.2 Å². The maximum atomic E-state index is 12.1. The average molecular weight is 347 g/mol. The van der Waals surface area contributed by atoms with E-state index in [1.165, 1.54) is 5.56 Å². The highest BCUT2D eigenvalue weighted by atomic mass is 16.6. The Morgan fingerprint density at radius 2 is 1.92 bits per heavy atom. The molecule has 0 radical (unpaired) electrons. The van der Waals surface area contributed by atoms with E-state index in [0.29, 0.717) is 32.7 Å². The summed E-state index contributed by atoms with van der Waals surface area (Å²) in [6, 6.07) is 10.6. The van der Waals surface area contributed by atoms with Crippen LogP contribution >= 0.6 is 0 Å². The smallest absolute Gasteiger partial charge is 0.409 e. The van der Waals surface area contributed by atoms with E-state index in [2.05, 4.69) is 29.7 Å². The molecule has 1 aliphatic rings. The molecule has 0 aromatic heterocycles. The second-order valence-electron chi connectivity index (χ2n) is 6.36. The van der Waals surface area contributed by atoms with Crippen molar-refractivity contribution in [2.75, 3.05) is 26.2 Å². The lowest BCUT2D eigenvalue weighted by atomic mass is 10.1. The number of likely N-dealkylation sites (tertiary alicyclic amines) is 1. The van der Waals surface area contributed by atoms with Crippen LogP contribution < -0.4 is 10.6 Å². The fourth-order valence-corrected chi connectivity index (χ4v) is 2.98. The van der Waals surface area contributed by atoms with Crippen LogP contribution in [0.3, 0.4) is 0 Å². The molecule has 25 heavy (non-hydrogen) atoms. The van der Waals surface area contributed by atoms with E-state index in [-0.39, 0.29) is 24.1 Å². The zero-order chi connectivity index (χ0) is 18.1. The summed E-state index contributed by atoms with van der Waals surface area (Å²) >= 11 is 0. The van der Waals surface area contributed by atoms with Crippen LogP contribution in [-0.2, 0) is 9.53 Å².